The van der Waals surface area contributed by atoms with E-state index in [-0.39, 0.29) is 29.4 Å². The van der Waals surface area contributed by atoms with Crippen molar-refractivity contribution in [1.29, 1.82) is 0 Å². The van der Waals surface area contributed by atoms with E-state index in [0.717, 1.165) is 5.69 Å². The average Bonchev–Trinajstić information content (AvgIpc) is 3.09. The maximum Gasteiger partial charge on any atom is 0.274 e. The summed E-state index contributed by atoms with van der Waals surface area (Å²) >= 11 is 0. The highest BCUT2D eigenvalue weighted by molar-refractivity contribution is 7.91. The summed E-state index contributed by atoms with van der Waals surface area (Å²) in [6.45, 7) is 5.40. The Morgan fingerprint density at radius 3 is 2.33 bits per heavy atom. The van der Waals surface area contributed by atoms with E-state index in [0.29, 0.717) is 38.3 Å². The third kappa shape index (κ3) is 3.31. The van der Waals surface area contributed by atoms with E-state index >= 15 is 0 Å². The number of hydrogen-bond acceptors (Lipinski definition) is 5. The van der Waals surface area contributed by atoms with Crippen LogP contribution in [-0.2, 0) is 14.6 Å². The van der Waals surface area contributed by atoms with Gasteiger partial charge in [-0.15, -0.1) is 0 Å². The summed E-state index contributed by atoms with van der Waals surface area (Å²) < 4.78 is 25.0. The van der Waals surface area contributed by atoms with Gasteiger partial charge in [-0.25, -0.2) is 8.42 Å². The quantitative estimate of drug-likeness (QED) is 0.737. The number of piperazine rings is 1. The van der Waals surface area contributed by atoms with Crippen LogP contribution in [0, 0.1) is 6.92 Å². The van der Waals surface area contributed by atoms with Crippen LogP contribution in [0.1, 0.15) is 35.6 Å². The summed E-state index contributed by atoms with van der Waals surface area (Å²) in [6, 6.07) is 1.52. The van der Waals surface area contributed by atoms with Crippen LogP contribution in [-0.4, -0.2) is 77.5 Å². The second-order valence-corrected chi connectivity index (χ2v) is 8.70. The Morgan fingerprint density at radius 2 is 1.79 bits per heavy atom. The van der Waals surface area contributed by atoms with E-state index in [2.05, 4.69) is 5.10 Å². The van der Waals surface area contributed by atoms with Crippen LogP contribution in [0.4, 0.5) is 0 Å². The van der Waals surface area contributed by atoms with Crippen molar-refractivity contribution in [2.24, 2.45) is 0 Å². The van der Waals surface area contributed by atoms with Gasteiger partial charge < -0.3 is 9.80 Å². The van der Waals surface area contributed by atoms with Crippen LogP contribution >= 0.6 is 0 Å². The number of carbonyl (C=O) groups is 2. The molecule has 9 heteroatoms. The standard InChI is InChI=1S/C15H22N4O4S/c1-11-9-14(16-19(11)13-3-8-24(22,23)10-13)15(21)18-6-4-17(5-7-18)12(2)20/h9,13H,3-8,10H2,1-2H3. The first-order valence-corrected chi connectivity index (χ1v) is 9.90. The van der Waals surface area contributed by atoms with E-state index in [1.54, 1.807) is 20.5 Å². The van der Waals surface area contributed by atoms with Crippen molar-refractivity contribution in [3.05, 3.63) is 17.5 Å². The fourth-order valence-corrected chi connectivity index (χ4v) is 5.01. The molecule has 2 aliphatic heterocycles. The SMILES string of the molecule is CC(=O)N1CCN(C(=O)c2cc(C)n(C3CCS(=O)(=O)C3)n2)CC1. The van der Waals surface area contributed by atoms with Gasteiger partial charge in [-0.3, -0.25) is 14.3 Å². The van der Waals surface area contributed by atoms with Gasteiger partial charge in [0.05, 0.1) is 17.5 Å². The Kier molecular flexibility index (Phi) is 4.37. The number of sulfone groups is 1. The van der Waals surface area contributed by atoms with Gasteiger partial charge in [-0.2, -0.15) is 5.10 Å². The number of nitrogens with zero attached hydrogens (tertiary/aromatic N) is 4. The highest BCUT2D eigenvalue weighted by Crippen LogP contribution is 2.25. The van der Waals surface area contributed by atoms with Gasteiger partial charge >= 0.3 is 0 Å². The second-order valence-electron chi connectivity index (χ2n) is 6.47. The third-order valence-corrected chi connectivity index (χ3v) is 6.46. The lowest BCUT2D eigenvalue weighted by Crippen LogP contribution is -2.50. The van der Waals surface area contributed by atoms with Crippen molar-refractivity contribution < 1.29 is 18.0 Å². The van der Waals surface area contributed by atoms with Crippen LogP contribution < -0.4 is 0 Å². The minimum absolute atomic E-state index is 0.0182. The lowest BCUT2D eigenvalue weighted by atomic mass is 10.2. The predicted molar refractivity (Wildman–Crippen MR) is 87.4 cm³/mol. The zero-order valence-corrected chi connectivity index (χ0v) is 14.8. The number of aryl methyl sites for hydroxylation is 1. The number of carbonyl (C=O) groups excluding carboxylic acids is 2. The molecule has 8 nitrogen and oxygen atoms in total. The van der Waals surface area contributed by atoms with Crippen LogP contribution in [0.25, 0.3) is 0 Å². The van der Waals surface area contributed by atoms with Crippen molar-refractivity contribution >= 4 is 21.7 Å². The van der Waals surface area contributed by atoms with E-state index in [1.165, 1.54) is 6.92 Å². The van der Waals surface area contributed by atoms with E-state index in [9.17, 15) is 18.0 Å². The largest absolute Gasteiger partial charge is 0.339 e. The fourth-order valence-electron chi connectivity index (χ4n) is 3.32. The van der Waals surface area contributed by atoms with Gasteiger partial charge in [-0.05, 0) is 19.4 Å². The monoisotopic (exact) mass is 354 g/mol. The zero-order chi connectivity index (χ0) is 17.5. The molecule has 3 rings (SSSR count). The summed E-state index contributed by atoms with van der Waals surface area (Å²) in [5.41, 5.74) is 1.14. The van der Waals surface area contributed by atoms with Crippen molar-refractivity contribution in [2.45, 2.75) is 26.3 Å². The molecule has 0 spiro atoms. The molecule has 0 aliphatic carbocycles. The van der Waals surface area contributed by atoms with Gasteiger partial charge in [0.15, 0.2) is 15.5 Å². The van der Waals surface area contributed by atoms with Gasteiger partial charge in [0.25, 0.3) is 5.91 Å². The van der Waals surface area contributed by atoms with Gasteiger partial charge in [0.1, 0.15) is 0 Å². The summed E-state index contributed by atoms with van der Waals surface area (Å²) in [5.74, 6) is 0.110. The minimum atomic E-state index is -3.00. The topological polar surface area (TPSA) is 92.6 Å². The van der Waals surface area contributed by atoms with E-state index in [1.807, 2.05) is 6.92 Å². The normalized spacial score (nSPS) is 23.5. The molecule has 2 fully saturated rings. The van der Waals surface area contributed by atoms with Crippen molar-refractivity contribution in [2.75, 3.05) is 37.7 Å². The molecule has 1 unspecified atom stereocenters. The number of aromatic nitrogens is 2. The molecule has 1 aromatic heterocycles. The molecule has 0 aromatic carbocycles. The molecule has 0 radical (unpaired) electrons. The molecular formula is C15H22N4O4S. The summed E-state index contributed by atoms with van der Waals surface area (Å²) in [7, 11) is -3.00. The smallest absolute Gasteiger partial charge is 0.274 e. The number of amides is 2. The van der Waals surface area contributed by atoms with Crippen molar-refractivity contribution in [3.8, 4) is 0 Å². The number of rotatable bonds is 2. The molecule has 1 aromatic rings. The Hall–Kier alpha value is -1.90. The van der Waals surface area contributed by atoms with Crippen LogP contribution in [0.15, 0.2) is 6.07 Å². The molecule has 24 heavy (non-hydrogen) atoms. The Bertz CT molecular complexity index is 762. The molecule has 3 heterocycles. The average molecular weight is 354 g/mol. The lowest BCUT2D eigenvalue weighted by Gasteiger charge is -2.33. The zero-order valence-electron chi connectivity index (χ0n) is 13.9. The van der Waals surface area contributed by atoms with Crippen molar-refractivity contribution in [1.82, 2.24) is 19.6 Å². The van der Waals surface area contributed by atoms with Gasteiger partial charge in [0.2, 0.25) is 5.91 Å². The van der Waals surface area contributed by atoms with E-state index in [4.69, 9.17) is 0 Å². The third-order valence-electron chi connectivity index (χ3n) is 4.71. The maximum absolute atomic E-state index is 12.6. The molecule has 2 aliphatic rings. The first-order valence-electron chi connectivity index (χ1n) is 8.08. The first kappa shape index (κ1) is 16.9. The predicted octanol–water partition coefficient (Wildman–Crippen LogP) is -0.145. The van der Waals surface area contributed by atoms with Crippen LogP contribution in [0.5, 0.6) is 0 Å². The van der Waals surface area contributed by atoms with Crippen LogP contribution in [0.3, 0.4) is 0 Å². The molecule has 2 amide bonds. The highest BCUT2D eigenvalue weighted by Gasteiger charge is 2.32. The second kappa shape index (κ2) is 6.19. The molecule has 1 atom stereocenters. The van der Waals surface area contributed by atoms with Gasteiger partial charge in [0, 0.05) is 38.8 Å². The molecule has 0 saturated carbocycles. The molecular weight excluding hydrogens is 332 g/mol. The molecule has 0 N–H and O–H groups in total. The maximum atomic E-state index is 12.6. The number of hydrogen-bond donors (Lipinski definition) is 0. The minimum Gasteiger partial charge on any atom is -0.339 e. The fraction of sp³-hybridized carbons (Fsp3) is 0.667. The molecule has 2 saturated heterocycles. The Balaban J connectivity index is 1.71. The Morgan fingerprint density at radius 1 is 1.17 bits per heavy atom. The first-order chi connectivity index (χ1) is 11.3. The van der Waals surface area contributed by atoms with E-state index < -0.39 is 9.84 Å². The van der Waals surface area contributed by atoms with Gasteiger partial charge in [-0.1, -0.05) is 0 Å². The highest BCUT2D eigenvalue weighted by atomic mass is 32.2. The van der Waals surface area contributed by atoms with Crippen molar-refractivity contribution in [3.63, 3.8) is 0 Å². The summed E-state index contributed by atoms with van der Waals surface area (Å²) in [4.78, 5) is 27.4. The van der Waals surface area contributed by atoms with Crippen LogP contribution in [0.2, 0.25) is 0 Å². The molecule has 132 valence electrons. The summed E-state index contributed by atoms with van der Waals surface area (Å²) in [5, 5.41) is 4.37. The Labute approximate surface area is 141 Å². The summed E-state index contributed by atoms with van der Waals surface area (Å²) in [6.07, 6.45) is 0.537. The lowest BCUT2D eigenvalue weighted by molar-refractivity contribution is -0.130. The molecule has 0 bridgehead atoms.